The van der Waals surface area contributed by atoms with Gasteiger partial charge in [0.15, 0.2) is 0 Å². The molecule has 1 aromatic carbocycles. The summed E-state index contributed by atoms with van der Waals surface area (Å²) in [6.07, 6.45) is 5.63. The molecule has 25 heavy (non-hydrogen) atoms. The van der Waals surface area contributed by atoms with Gasteiger partial charge in [-0.1, -0.05) is 44.2 Å². The number of carbonyl (C=O) groups is 2. The number of aromatic nitrogens is 2. The minimum atomic E-state index is -0.663. The third kappa shape index (κ3) is 6.33. The van der Waals surface area contributed by atoms with E-state index in [0.717, 1.165) is 12.0 Å². The van der Waals surface area contributed by atoms with Gasteiger partial charge in [-0.15, -0.1) is 0 Å². The van der Waals surface area contributed by atoms with Crippen LogP contribution in [0.3, 0.4) is 0 Å². The molecule has 0 saturated carbocycles. The van der Waals surface area contributed by atoms with Crippen molar-refractivity contribution in [3.05, 3.63) is 60.2 Å². The zero-order chi connectivity index (χ0) is 18.1. The molecule has 2 rings (SSSR count). The van der Waals surface area contributed by atoms with Crippen LogP contribution in [0.5, 0.6) is 0 Å². The van der Waals surface area contributed by atoms with Crippen molar-refractivity contribution in [2.75, 3.05) is 6.54 Å². The standard InChI is InChI=1S/C19H24N4O2/c1-14(2)8-9-22-18(24)16(12-15-6-4-3-5-7-15)23-19(25)17-13-20-10-11-21-17/h3-7,10-11,13-14,16H,8-9,12H2,1-2H3,(H,22,24)(H,23,25)/t16-/m0/s1. The summed E-state index contributed by atoms with van der Waals surface area (Å²) >= 11 is 0. The van der Waals surface area contributed by atoms with Gasteiger partial charge >= 0.3 is 0 Å². The molecule has 1 atom stereocenters. The fourth-order valence-electron chi connectivity index (χ4n) is 2.31. The van der Waals surface area contributed by atoms with Crippen LogP contribution in [-0.4, -0.2) is 34.4 Å². The van der Waals surface area contributed by atoms with Gasteiger partial charge in [-0.25, -0.2) is 4.98 Å². The van der Waals surface area contributed by atoms with E-state index in [2.05, 4.69) is 34.4 Å². The molecule has 6 nitrogen and oxygen atoms in total. The Morgan fingerprint density at radius 3 is 2.52 bits per heavy atom. The summed E-state index contributed by atoms with van der Waals surface area (Å²) in [6.45, 7) is 4.79. The van der Waals surface area contributed by atoms with Crippen LogP contribution < -0.4 is 10.6 Å². The summed E-state index contributed by atoms with van der Waals surface area (Å²) in [4.78, 5) is 32.7. The highest BCUT2D eigenvalue weighted by Gasteiger charge is 2.22. The van der Waals surface area contributed by atoms with Crippen LogP contribution in [0.2, 0.25) is 0 Å². The molecule has 0 bridgehead atoms. The van der Waals surface area contributed by atoms with Crippen LogP contribution >= 0.6 is 0 Å². The molecule has 6 heteroatoms. The summed E-state index contributed by atoms with van der Waals surface area (Å²) in [5.41, 5.74) is 1.17. The number of benzene rings is 1. The highest BCUT2D eigenvalue weighted by Crippen LogP contribution is 2.05. The van der Waals surface area contributed by atoms with Gasteiger partial charge in [-0.3, -0.25) is 14.6 Å². The average molecular weight is 340 g/mol. The lowest BCUT2D eigenvalue weighted by Crippen LogP contribution is -2.48. The molecule has 0 saturated heterocycles. The van der Waals surface area contributed by atoms with E-state index in [-0.39, 0.29) is 11.6 Å². The Labute approximate surface area is 148 Å². The normalized spacial score (nSPS) is 11.8. The molecule has 0 aliphatic rings. The first-order valence-corrected chi connectivity index (χ1v) is 8.44. The maximum Gasteiger partial charge on any atom is 0.272 e. The Balaban J connectivity index is 2.05. The van der Waals surface area contributed by atoms with Crippen molar-refractivity contribution in [2.24, 2.45) is 5.92 Å². The van der Waals surface area contributed by atoms with Crippen LogP contribution in [0.25, 0.3) is 0 Å². The van der Waals surface area contributed by atoms with Crippen molar-refractivity contribution < 1.29 is 9.59 Å². The molecule has 0 radical (unpaired) electrons. The molecule has 132 valence electrons. The van der Waals surface area contributed by atoms with E-state index in [1.807, 2.05) is 30.3 Å². The van der Waals surface area contributed by atoms with E-state index in [9.17, 15) is 9.59 Å². The highest BCUT2D eigenvalue weighted by atomic mass is 16.2. The van der Waals surface area contributed by atoms with Gasteiger partial charge in [0, 0.05) is 25.4 Å². The summed E-state index contributed by atoms with van der Waals surface area (Å²) in [7, 11) is 0. The van der Waals surface area contributed by atoms with Gasteiger partial charge in [0.05, 0.1) is 6.20 Å². The average Bonchev–Trinajstić information content (AvgIpc) is 2.62. The van der Waals surface area contributed by atoms with Crippen LogP contribution in [0, 0.1) is 5.92 Å². The van der Waals surface area contributed by atoms with Crippen molar-refractivity contribution >= 4 is 11.8 Å². The molecule has 1 heterocycles. The van der Waals surface area contributed by atoms with E-state index < -0.39 is 11.9 Å². The first-order valence-electron chi connectivity index (χ1n) is 8.44. The Bertz CT molecular complexity index is 674. The van der Waals surface area contributed by atoms with Crippen molar-refractivity contribution in [3.63, 3.8) is 0 Å². The van der Waals surface area contributed by atoms with Crippen molar-refractivity contribution in [3.8, 4) is 0 Å². The van der Waals surface area contributed by atoms with Gasteiger partial charge in [-0.05, 0) is 17.9 Å². The molecule has 0 aliphatic heterocycles. The number of hydrogen-bond acceptors (Lipinski definition) is 4. The molecule has 0 fully saturated rings. The number of amides is 2. The molecule has 0 aliphatic carbocycles. The zero-order valence-electron chi connectivity index (χ0n) is 14.6. The minimum Gasteiger partial charge on any atom is -0.354 e. The molecule has 0 unspecified atom stereocenters. The van der Waals surface area contributed by atoms with Crippen molar-refractivity contribution in [1.82, 2.24) is 20.6 Å². The number of hydrogen-bond donors (Lipinski definition) is 2. The smallest absolute Gasteiger partial charge is 0.272 e. The zero-order valence-corrected chi connectivity index (χ0v) is 14.6. The van der Waals surface area contributed by atoms with Crippen molar-refractivity contribution in [2.45, 2.75) is 32.7 Å². The first kappa shape index (κ1) is 18.6. The fraction of sp³-hybridized carbons (Fsp3) is 0.368. The predicted octanol–water partition coefficient (Wildman–Crippen LogP) is 1.98. The molecule has 2 amide bonds. The van der Waals surface area contributed by atoms with E-state index in [1.165, 1.54) is 18.6 Å². The predicted molar refractivity (Wildman–Crippen MR) is 95.9 cm³/mol. The van der Waals surface area contributed by atoms with Crippen LogP contribution in [0.1, 0.15) is 36.3 Å². The van der Waals surface area contributed by atoms with E-state index in [0.29, 0.717) is 18.9 Å². The SMILES string of the molecule is CC(C)CCNC(=O)[C@H](Cc1ccccc1)NC(=O)c1cnccn1. The Kier molecular flexibility index (Phi) is 7.07. The Hall–Kier alpha value is -2.76. The Morgan fingerprint density at radius 1 is 1.12 bits per heavy atom. The maximum absolute atomic E-state index is 12.5. The van der Waals surface area contributed by atoms with Crippen LogP contribution in [0.15, 0.2) is 48.9 Å². The number of nitrogens with zero attached hydrogens (tertiary/aromatic N) is 2. The second-order valence-corrected chi connectivity index (χ2v) is 6.28. The third-order valence-corrected chi connectivity index (χ3v) is 3.72. The van der Waals surface area contributed by atoms with E-state index in [1.54, 1.807) is 0 Å². The molecular weight excluding hydrogens is 316 g/mol. The lowest BCUT2D eigenvalue weighted by Gasteiger charge is -2.19. The number of carbonyl (C=O) groups excluding carboxylic acids is 2. The molecule has 2 aromatic rings. The van der Waals surface area contributed by atoms with Gasteiger partial charge in [0.1, 0.15) is 11.7 Å². The number of nitrogens with one attached hydrogen (secondary N) is 2. The largest absolute Gasteiger partial charge is 0.354 e. The quantitative estimate of drug-likeness (QED) is 0.770. The third-order valence-electron chi connectivity index (χ3n) is 3.72. The van der Waals surface area contributed by atoms with Crippen LogP contribution in [0.4, 0.5) is 0 Å². The maximum atomic E-state index is 12.5. The summed E-state index contributed by atoms with van der Waals surface area (Å²) < 4.78 is 0. The summed E-state index contributed by atoms with van der Waals surface area (Å²) in [5.74, 6) is -0.100. The monoisotopic (exact) mass is 340 g/mol. The molecular formula is C19H24N4O2. The topological polar surface area (TPSA) is 84.0 Å². The second-order valence-electron chi connectivity index (χ2n) is 6.28. The molecule has 2 N–H and O–H groups in total. The van der Waals surface area contributed by atoms with Gasteiger partial charge < -0.3 is 10.6 Å². The lowest BCUT2D eigenvalue weighted by atomic mass is 10.0. The van der Waals surface area contributed by atoms with Crippen molar-refractivity contribution in [1.29, 1.82) is 0 Å². The van der Waals surface area contributed by atoms with Gasteiger partial charge in [-0.2, -0.15) is 0 Å². The minimum absolute atomic E-state index is 0.190. The van der Waals surface area contributed by atoms with Gasteiger partial charge in [0.25, 0.3) is 5.91 Å². The summed E-state index contributed by atoms with van der Waals surface area (Å²) in [5, 5.41) is 5.67. The first-order chi connectivity index (χ1) is 12.1. The van der Waals surface area contributed by atoms with Crippen LogP contribution in [-0.2, 0) is 11.2 Å². The number of rotatable bonds is 8. The molecule has 0 spiro atoms. The van der Waals surface area contributed by atoms with E-state index >= 15 is 0 Å². The second kappa shape index (κ2) is 9.52. The molecule has 1 aromatic heterocycles. The summed E-state index contributed by atoms with van der Waals surface area (Å²) in [6, 6.07) is 8.94. The van der Waals surface area contributed by atoms with Gasteiger partial charge in [0.2, 0.25) is 5.91 Å². The lowest BCUT2D eigenvalue weighted by molar-refractivity contribution is -0.123. The highest BCUT2D eigenvalue weighted by molar-refractivity contribution is 5.95. The van der Waals surface area contributed by atoms with E-state index in [4.69, 9.17) is 0 Å². The fourth-order valence-corrected chi connectivity index (χ4v) is 2.31. The Morgan fingerprint density at radius 2 is 1.88 bits per heavy atom.